The van der Waals surface area contributed by atoms with Gasteiger partial charge in [0.15, 0.2) is 23.7 Å². The van der Waals surface area contributed by atoms with Crippen LogP contribution in [0.15, 0.2) is 54.3 Å². The number of ether oxygens (including phenoxy) is 4. The third-order valence-electron chi connectivity index (χ3n) is 9.82. The maximum absolute atomic E-state index is 13.2. The number of likely N-dealkylation sites (tertiary alicyclic amines) is 1. The number of aliphatic hydroxyl groups is 2. The Kier molecular flexibility index (Phi) is 8.18. The first-order valence-corrected chi connectivity index (χ1v) is 15.2. The van der Waals surface area contributed by atoms with E-state index in [4.69, 9.17) is 24.7 Å². The van der Waals surface area contributed by atoms with E-state index >= 15 is 0 Å². The van der Waals surface area contributed by atoms with Gasteiger partial charge in [0.25, 0.3) is 0 Å². The molecule has 0 aromatic heterocycles. The second-order valence-electron chi connectivity index (χ2n) is 12.3. The Morgan fingerprint density at radius 1 is 1.23 bits per heavy atom. The van der Waals surface area contributed by atoms with E-state index in [-0.39, 0.29) is 25.4 Å². The van der Waals surface area contributed by atoms with E-state index in [2.05, 4.69) is 10.2 Å². The van der Waals surface area contributed by atoms with Crippen molar-refractivity contribution in [1.29, 1.82) is 0 Å². The predicted molar refractivity (Wildman–Crippen MR) is 160 cm³/mol. The standard InChI is InChI=1S/C33H41N3O8/c1-19(42-26(37)12-15-35-30(38)22(34)17-20-7-5-4-6-8-20)31(39)43-24-11-13-33(40)25-18-21-9-10-23(41-3)28-27(21)32(33,29(24)44-28)14-16-36(25)2/h4-11,19,22,25,29-30,35,38,40H,12-18,34H2,1-3H3/t19-,22-,25+,29-,30?,32-,33+/m0/s1. The Morgan fingerprint density at radius 2 is 2.00 bits per heavy atom. The second kappa shape index (κ2) is 11.8. The van der Waals surface area contributed by atoms with Crippen molar-refractivity contribution >= 4 is 11.9 Å². The number of nitrogens with two attached hydrogens (primary N) is 1. The first-order chi connectivity index (χ1) is 21.1. The van der Waals surface area contributed by atoms with E-state index in [1.807, 2.05) is 49.5 Å². The lowest BCUT2D eigenvalue weighted by atomic mass is 9.50. The zero-order valence-corrected chi connectivity index (χ0v) is 25.3. The van der Waals surface area contributed by atoms with Gasteiger partial charge in [-0.05, 0) is 63.0 Å². The Labute approximate surface area is 256 Å². The van der Waals surface area contributed by atoms with Crippen molar-refractivity contribution in [3.8, 4) is 11.5 Å². The van der Waals surface area contributed by atoms with Crippen molar-refractivity contribution in [3.63, 3.8) is 0 Å². The zero-order chi connectivity index (χ0) is 31.2. The van der Waals surface area contributed by atoms with Crippen molar-refractivity contribution in [1.82, 2.24) is 10.2 Å². The maximum atomic E-state index is 13.2. The van der Waals surface area contributed by atoms with Crippen LogP contribution < -0.4 is 20.5 Å². The number of hydrogen-bond acceptors (Lipinski definition) is 11. The van der Waals surface area contributed by atoms with Crippen LogP contribution in [-0.4, -0.2) is 90.4 Å². The highest BCUT2D eigenvalue weighted by Crippen LogP contribution is 2.65. The van der Waals surface area contributed by atoms with Crippen LogP contribution in [-0.2, 0) is 37.3 Å². The molecule has 6 rings (SSSR count). The van der Waals surface area contributed by atoms with Crippen molar-refractivity contribution in [2.24, 2.45) is 5.73 Å². The summed E-state index contributed by atoms with van der Waals surface area (Å²) in [7, 11) is 3.61. The molecule has 44 heavy (non-hydrogen) atoms. The molecule has 1 saturated heterocycles. The van der Waals surface area contributed by atoms with Crippen LogP contribution in [0.5, 0.6) is 11.5 Å². The van der Waals surface area contributed by atoms with Crippen molar-refractivity contribution in [2.45, 2.75) is 80.6 Å². The Morgan fingerprint density at radius 3 is 2.75 bits per heavy atom. The number of nitrogens with zero attached hydrogens (tertiary/aromatic N) is 1. The first kappa shape index (κ1) is 30.5. The largest absolute Gasteiger partial charge is 0.493 e. The number of benzene rings is 2. The summed E-state index contributed by atoms with van der Waals surface area (Å²) in [4.78, 5) is 27.9. The number of aliphatic hydroxyl groups excluding tert-OH is 1. The molecule has 2 bridgehead atoms. The highest BCUT2D eigenvalue weighted by atomic mass is 16.6. The Hall–Kier alpha value is -3.48. The molecule has 2 aliphatic heterocycles. The topological polar surface area (TPSA) is 153 Å². The van der Waals surface area contributed by atoms with Gasteiger partial charge in [-0.25, -0.2) is 4.79 Å². The third kappa shape index (κ3) is 4.96. The number of nitrogens with one attached hydrogen (secondary N) is 1. The summed E-state index contributed by atoms with van der Waals surface area (Å²) in [5.41, 5.74) is 7.20. The summed E-state index contributed by atoms with van der Waals surface area (Å²) in [5.74, 6) is 0.0872. The normalized spacial score (nSPS) is 28.5. The molecule has 0 amide bonds. The van der Waals surface area contributed by atoms with Crippen LogP contribution >= 0.6 is 0 Å². The molecule has 7 atom stereocenters. The molecule has 0 radical (unpaired) electrons. The molecule has 2 aromatic carbocycles. The molecule has 0 saturated carbocycles. The average molecular weight is 608 g/mol. The van der Waals surface area contributed by atoms with Gasteiger partial charge in [0.2, 0.25) is 0 Å². The van der Waals surface area contributed by atoms with Gasteiger partial charge in [0, 0.05) is 30.6 Å². The summed E-state index contributed by atoms with van der Waals surface area (Å²) in [5, 5.41) is 25.5. The second-order valence-corrected chi connectivity index (χ2v) is 12.3. The number of likely N-dealkylation sites (N-methyl/N-ethyl adjacent to an activating group) is 1. The summed E-state index contributed by atoms with van der Waals surface area (Å²) < 4.78 is 23.3. The van der Waals surface area contributed by atoms with Crippen molar-refractivity contribution in [3.05, 3.63) is 71.0 Å². The number of esters is 2. The van der Waals surface area contributed by atoms with Gasteiger partial charge in [-0.2, -0.15) is 0 Å². The van der Waals surface area contributed by atoms with Crippen LogP contribution in [0.4, 0.5) is 0 Å². The molecule has 11 nitrogen and oxygen atoms in total. The molecule has 1 spiro atoms. The third-order valence-corrected chi connectivity index (χ3v) is 9.82. The van der Waals surface area contributed by atoms with Gasteiger partial charge in [-0.1, -0.05) is 36.4 Å². The fourth-order valence-corrected chi connectivity index (χ4v) is 7.56. The molecule has 2 heterocycles. The number of methoxy groups -OCH3 is 1. The predicted octanol–water partition coefficient (Wildman–Crippen LogP) is 1.32. The first-order valence-electron chi connectivity index (χ1n) is 15.2. The molecule has 2 aromatic rings. The quantitative estimate of drug-likeness (QED) is 0.216. The Bertz CT molecular complexity index is 1450. The summed E-state index contributed by atoms with van der Waals surface area (Å²) in [6, 6.07) is 12.8. The molecule has 2 aliphatic carbocycles. The summed E-state index contributed by atoms with van der Waals surface area (Å²) in [6.45, 7) is 2.32. The average Bonchev–Trinajstić information content (AvgIpc) is 3.36. The van der Waals surface area contributed by atoms with Crippen LogP contribution in [0.3, 0.4) is 0 Å². The van der Waals surface area contributed by atoms with Crippen LogP contribution in [0.25, 0.3) is 0 Å². The monoisotopic (exact) mass is 607 g/mol. The van der Waals surface area contributed by atoms with Gasteiger partial charge in [0.05, 0.1) is 24.5 Å². The van der Waals surface area contributed by atoms with Crippen molar-refractivity contribution in [2.75, 3.05) is 27.2 Å². The van der Waals surface area contributed by atoms with E-state index < -0.39 is 47.4 Å². The molecule has 236 valence electrons. The van der Waals surface area contributed by atoms with Gasteiger partial charge >= 0.3 is 11.9 Å². The highest BCUT2D eigenvalue weighted by molar-refractivity contribution is 5.80. The van der Waals surface area contributed by atoms with Gasteiger partial charge in [-0.15, -0.1) is 0 Å². The van der Waals surface area contributed by atoms with Gasteiger partial charge < -0.3 is 39.8 Å². The number of carbonyl (C=O) groups excluding carboxylic acids is 2. The van der Waals surface area contributed by atoms with Crippen LogP contribution in [0, 0.1) is 0 Å². The van der Waals surface area contributed by atoms with E-state index in [0.717, 1.165) is 23.2 Å². The van der Waals surface area contributed by atoms with Crippen LogP contribution in [0.1, 0.15) is 42.9 Å². The molecular weight excluding hydrogens is 566 g/mol. The lowest BCUT2D eigenvalue weighted by Gasteiger charge is -2.61. The van der Waals surface area contributed by atoms with Crippen LogP contribution in [0.2, 0.25) is 0 Å². The minimum absolute atomic E-state index is 0.0793. The minimum Gasteiger partial charge on any atom is -0.493 e. The molecular formula is C33H41N3O8. The van der Waals surface area contributed by atoms with Gasteiger partial charge in [0.1, 0.15) is 12.0 Å². The fourth-order valence-electron chi connectivity index (χ4n) is 7.56. The summed E-state index contributed by atoms with van der Waals surface area (Å²) >= 11 is 0. The molecule has 5 N–H and O–H groups in total. The lowest BCUT2D eigenvalue weighted by molar-refractivity contribution is -0.175. The molecule has 1 unspecified atom stereocenters. The number of hydrogen-bond donors (Lipinski definition) is 4. The SMILES string of the molecule is COc1ccc2c3c1O[C@H]1C(OC(=O)[C@H](C)OC(=O)CCNC(O)[C@@H](N)Cc4ccccc4)=CC[C@@]4(O)[C@@H](C2)N(C)CC[C@]314. The fraction of sp³-hybridized carbons (Fsp3) is 0.515. The maximum Gasteiger partial charge on any atom is 0.352 e. The van der Waals surface area contributed by atoms with E-state index in [9.17, 15) is 19.8 Å². The van der Waals surface area contributed by atoms with E-state index in [1.54, 1.807) is 13.2 Å². The zero-order valence-electron chi connectivity index (χ0n) is 25.3. The lowest BCUT2D eigenvalue weighted by Crippen LogP contribution is -2.74. The number of piperidine rings is 1. The number of rotatable bonds is 11. The number of carbonyl (C=O) groups is 2. The van der Waals surface area contributed by atoms with Crippen molar-refractivity contribution < 1.29 is 38.7 Å². The van der Waals surface area contributed by atoms with Gasteiger partial charge in [-0.3, -0.25) is 10.1 Å². The smallest absolute Gasteiger partial charge is 0.352 e. The van der Waals surface area contributed by atoms with E-state index in [1.165, 1.54) is 6.92 Å². The summed E-state index contributed by atoms with van der Waals surface area (Å²) in [6.07, 6.45) is 0.763. The highest BCUT2D eigenvalue weighted by Gasteiger charge is 2.72. The molecule has 1 fully saturated rings. The minimum atomic E-state index is -1.18. The Balaban J connectivity index is 1.08. The molecule has 11 heteroatoms. The molecule has 4 aliphatic rings. The van der Waals surface area contributed by atoms with E-state index in [0.29, 0.717) is 36.5 Å².